The van der Waals surface area contributed by atoms with Gasteiger partial charge in [0.1, 0.15) is 10.7 Å². The van der Waals surface area contributed by atoms with E-state index in [9.17, 15) is 0 Å². The lowest BCUT2D eigenvalue weighted by Gasteiger charge is -2.03. The quantitative estimate of drug-likeness (QED) is 0.285. The molecule has 0 bridgehead atoms. The largest absolute Gasteiger partial charge is 0.409 e. The fraction of sp³-hybridized carbons (Fsp3) is 0.0909. The van der Waals surface area contributed by atoms with Crippen molar-refractivity contribution in [3.63, 3.8) is 0 Å². The first-order valence-corrected chi connectivity index (χ1v) is 5.93. The molecule has 0 saturated heterocycles. The minimum Gasteiger partial charge on any atom is -0.409 e. The van der Waals surface area contributed by atoms with Crippen molar-refractivity contribution in [3.05, 3.63) is 41.9 Å². The van der Waals surface area contributed by atoms with Crippen LogP contribution in [0.4, 0.5) is 0 Å². The smallest absolute Gasteiger partial charge is 0.194 e. The number of nitrogens with two attached hydrogens (primary N) is 1. The molecule has 2 rings (SSSR count). The summed E-state index contributed by atoms with van der Waals surface area (Å²) in [5, 5.41) is 12.9. The van der Waals surface area contributed by atoms with Gasteiger partial charge in [0.2, 0.25) is 0 Å². The van der Waals surface area contributed by atoms with Gasteiger partial charge in [0.25, 0.3) is 0 Å². The molecule has 7 heteroatoms. The highest BCUT2D eigenvalue weighted by atomic mass is 32.2. The molecule has 0 aromatic carbocycles. The monoisotopic (exact) mass is 261 g/mol. The Morgan fingerprint density at radius 1 is 1.39 bits per heavy atom. The molecule has 0 aliphatic heterocycles. The van der Waals surface area contributed by atoms with Crippen LogP contribution >= 0.6 is 11.8 Å². The van der Waals surface area contributed by atoms with E-state index in [-0.39, 0.29) is 5.84 Å². The van der Waals surface area contributed by atoms with Crippen LogP contribution in [-0.2, 0) is 0 Å². The first-order valence-electron chi connectivity index (χ1n) is 5.11. The molecule has 0 amide bonds. The fourth-order valence-corrected chi connectivity index (χ4v) is 2.05. The number of pyridine rings is 1. The van der Waals surface area contributed by atoms with E-state index >= 15 is 0 Å². The average Bonchev–Trinajstić information content (AvgIpc) is 2.38. The molecule has 0 saturated carbocycles. The third-order valence-electron chi connectivity index (χ3n) is 2.04. The number of nitrogens with zero attached hydrogens (tertiary/aromatic N) is 4. The Morgan fingerprint density at radius 3 is 2.89 bits per heavy atom. The molecule has 2 aromatic heterocycles. The van der Waals surface area contributed by atoms with Crippen molar-refractivity contribution in [2.24, 2.45) is 10.9 Å². The second kappa shape index (κ2) is 5.46. The minimum atomic E-state index is -0.0385. The van der Waals surface area contributed by atoms with Crippen LogP contribution in [0.3, 0.4) is 0 Å². The molecule has 0 radical (unpaired) electrons. The lowest BCUT2D eigenvalue weighted by molar-refractivity contribution is 0.318. The third kappa shape index (κ3) is 2.95. The van der Waals surface area contributed by atoms with E-state index in [0.717, 1.165) is 10.7 Å². The Morgan fingerprint density at radius 2 is 2.22 bits per heavy atom. The van der Waals surface area contributed by atoms with E-state index in [1.165, 1.54) is 11.8 Å². The zero-order chi connectivity index (χ0) is 13.0. The van der Waals surface area contributed by atoms with Gasteiger partial charge in [-0.15, -0.1) is 0 Å². The average molecular weight is 261 g/mol. The normalized spacial score (nSPS) is 11.5. The van der Waals surface area contributed by atoms with Crippen molar-refractivity contribution in [1.29, 1.82) is 0 Å². The molecular weight excluding hydrogens is 250 g/mol. The molecule has 18 heavy (non-hydrogen) atoms. The van der Waals surface area contributed by atoms with Crippen LogP contribution in [0.5, 0.6) is 0 Å². The summed E-state index contributed by atoms with van der Waals surface area (Å²) < 4.78 is 0. The number of rotatable bonds is 3. The third-order valence-corrected chi connectivity index (χ3v) is 2.85. The van der Waals surface area contributed by atoms with Crippen LogP contribution in [0.1, 0.15) is 11.4 Å². The maximum Gasteiger partial charge on any atom is 0.194 e. The van der Waals surface area contributed by atoms with E-state index in [4.69, 9.17) is 10.9 Å². The summed E-state index contributed by atoms with van der Waals surface area (Å²) >= 11 is 1.32. The second-order valence-corrected chi connectivity index (χ2v) is 4.42. The first-order chi connectivity index (χ1) is 8.69. The Balaban J connectivity index is 2.31. The SMILES string of the molecule is Cc1cc(/C(N)=N/O)nc(Sc2ccccn2)n1. The molecule has 0 aliphatic rings. The summed E-state index contributed by atoms with van der Waals surface area (Å²) in [6, 6.07) is 7.23. The standard InChI is InChI=1S/C11H11N5OS/c1-7-6-8(10(12)16-17)15-11(14-7)18-9-4-2-3-5-13-9/h2-6,17H,1H3,(H2,12,16). The van der Waals surface area contributed by atoms with Crippen LogP contribution in [0.25, 0.3) is 0 Å². The van der Waals surface area contributed by atoms with Gasteiger partial charge in [-0.05, 0) is 36.9 Å². The zero-order valence-electron chi connectivity index (χ0n) is 9.61. The number of oxime groups is 1. The molecule has 3 N–H and O–H groups in total. The van der Waals surface area contributed by atoms with Crippen LogP contribution in [0, 0.1) is 6.92 Å². The van der Waals surface area contributed by atoms with Gasteiger partial charge in [-0.25, -0.2) is 15.0 Å². The minimum absolute atomic E-state index is 0.0385. The number of hydrogen-bond donors (Lipinski definition) is 2. The number of aryl methyl sites for hydroxylation is 1. The van der Waals surface area contributed by atoms with E-state index < -0.39 is 0 Å². The maximum atomic E-state index is 8.64. The lowest BCUT2D eigenvalue weighted by Crippen LogP contribution is -2.16. The number of hydrogen-bond acceptors (Lipinski definition) is 6. The summed E-state index contributed by atoms with van der Waals surface area (Å²) in [6.07, 6.45) is 1.70. The summed E-state index contributed by atoms with van der Waals surface area (Å²) in [5.41, 5.74) is 6.64. The molecular formula is C11H11N5OS. The Kier molecular flexibility index (Phi) is 3.73. The number of aromatic nitrogens is 3. The Labute approximate surface area is 108 Å². The van der Waals surface area contributed by atoms with Crippen LogP contribution in [-0.4, -0.2) is 26.0 Å². The topological polar surface area (TPSA) is 97.3 Å². The highest BCUT2D eigenvalue weighted by molar-refractivity contribution is 7.99. The van der Waals surface area contributed by atoms with Gasteiger partial charge in [-0.3, -0.25) is 0 Å². The Bertz CT molecular complexity index is 573. The molecule has 92 valence electrons. The first kappa shape index (κ1) is 12.3. The summed E-state index contributed by atoms with van der Waals surface area (Å²) in [5.74, 6) is -0.0385. The van der Waals surface area contributed by atoms with Gasteiger partial charge in [-0.1, -0.05) is 11.2 Å². The fourth-order valence-electron chi connectivity index (χ4n) is 1.27. The Hall–Kier alpha value is -2.15. The van der Waals surface area contributed by atoms with E-state index in [1.54, 1.807) is 12.3 Å². The van der Waals surface area contributed by atoms with Crippen molar-refractivity contribution < 1.29 is 5.21 Å². The number of amidine groups is 1. The van der Waals surface area contributed by atoms with Crippen molar-refractivity contribution in [2.45, 2.75) is 17.1 Å². The van der Waals surface area contributed by atoms with Gasteiger partial charge in [0.05, 0.1) is 0 Å². The highest BCUT2D eigenvalue weighted by Gasteiger charge is 2.08. The zero-order valence-corrected chi connectivity index (χ0v) is 10.4. The summed E-state index contributed by atoms with van der Waals surface area (Å²) in [6.45, 7) is 1.82. The van der Waals surface area contributed by atoms with Crippen molar-refractivity contribution in [1.82, 2.24) is 15.0 Å². The molecule has 0 aliphatic carbocycles. The maximum absolute atomic E-state index is 8.64. The lowest BCUT2D eigenvalue weighted by atomic mass is 10.3. The summed E-state index contributed by atoms with van der Waals surface area (Å²) in [4.78, 5) is 12.6. The van der Waals surface area contributed by atoms with Gasteiger partial charge < -0.3 is 10.9 Å². The molecule has 0 atom stereocenters. The van der Waals surface area contributed by atoms with E-state index in [0.29, 0.717) is 10.9 Å². The van der Waals surface area contributed by atoms with Crippen LogP contribution < -0.4 is 5.73 Å². The predicted octanol–water partition coefficient (Wildman–Crippen LogP) is 1.43. The highest BCUT2D eigenvalue weighted by Crippen LogP contribution is 2.22. The molecule has 0 spiro atoms. The van der Waals surface area contributed by atoms with Crippen molar-refractivity contribution in [2.75, 3.05) is 0 Å². The molecule has 2 heterocycles. The molecule has 0 unspecified atom stereocenters. The molecule has 2 aromatic rings. The van der Waals surface area contributed by atoms with Gasteiger partial charge >= 0.3 is 0 Å². The van der Waals surface area contributed by atoms with E-state index in [2.05, 4.69) is 20.1 Å². The molecule has 6 nitrogen and oxygen atoms in total. The van der Waals surface area contributed by atoms with E-state index in [1.807, 2.05) is 25.1 Å². The van der Waals surface area contributed by atoms with Crippen molar-refractivity contribution >= 4 is 17.6 Å². The van der Waals surface area contributed by atoms with Gasteiger partial charge in [0, 0.05) is 11.9 Å². The van der Waals surface area contributed by atoms with Crippen LogP contribution in [0.2, 0.25) is 0 Å². The van der Waals surface area contributed by atoms with Gasteiger partial charge in [0.15, 0.2) is 11.0 Å². The second-order valence-electron chi connectivity index (χ2n) is 3.43. The summed E-state index contributed by atoms with van der Waals surface area (Å²) in [7, 11) is 0. The van der Waals surface area contributed by atoms with Gasteiger partial charge in [-0.2, -0.15) is 0 Å². The van der Waals surface area contributed by atoms with Crippen LogP contribution in [0.15, 0.2) is 45.8 Å². The predicted molar refractivity (Wildman–Crippen MR) is 67.6 cm³/mol. The molecule has 0 fully saturated rings. The van der Waals surface area contributed by atoms with Crippen molar-refractivity contribution in [3.8, 4) is 0 Å².